The summed E-state index contributed by atoms with van der Waals surface area (Å²) in [6.45, 7) is 2.70. The van der Waals surface area contributed by atoms with Crippen LogP contribution in [0.2, 0.25) is 0 Å². The molecule has 22 heavy (non-hydrogen) atoms. The van der Waals surface area contributed by atoms with Crippen LogP contribution in [0.4, 0.5) is 0 Å². The molecular weight excluding hydrogens is 324 g/mol. The molecule has 2 N–H and O–H groups in total. The van der Waals surface area contributed by atoms with Gasteiger partial charge in [-0.15, -0.1) is 24.2 Å². The number of ether oxygens (including phenoxy) is 2. The quantitative estimate of drug-likeness (QED) is 0.845. The highest BCUT2D eigenvalue weighted by atomic mass is 35.5. The van der Waals surface area contributed by atoms with E-state index < -0.39 is 0 Å². The molecule has 1 aromatic carbocycles. The summed E-state index contributed by atoms with van der Waals surface area (Å²) in [6.07, 6.45) is 1.47. The number of fused-ring (bicyclic) bond motifs is 1. The number of carbonyl (C=O) groups excluding carboxylic acids is 1. The average Bonchev–Trinajstić information content (AvgIpc) is 2.94. The second-order valence-electron chi connectivity index (χ2n) is 5.29. The van der Waals surface area contributed by atoms with E-state index in [1.54, 1.807) is 11.8 Å². The van der Waals surface area contributed by atoms with Crippen molar-refractivity contribution < 1.29 is 14.3 Å². The Morgan fingerprint density at radius 2 is 2.09 bits per heavy atom. The summed E-state index contributed by atoms with van der Waals surface area (Å²) in [7, 11) is 0. The smallest absolute Gasteiger partial charge is 0.223 e. The molecular formula is C15H21ClN2O3S. The standard InChI is InChI=1S/C15H20N2O3S.ClH/c16-11-3-5-17(10-11)15(18)4-8-21-12-1-2-13-14(9-12)20-7-6-19-13;/h1-2,9,11H,3-8,10,16H2;1H/t11-;/m1./s1. The van der Waals surface area contributed by atoms with E-state index >= 15 is 0 Å². The Bertz CT molecular complexity index is 530. The minimum absolute atomic E-state index is 0. The summed E-state index contributed by atoms with van der Waals surface area (Å²) in [4.78, 5) is 15.0. The van der Waals surface area contributed by atoms with Crippen LogP contribution in [0.3, 0.4) is 0 Å². The molecule has 2 aliphatic rings. The van der Waals surface area contributed by atoms with Crippen LogP contribution in [-0.2, 0) is 4.79 Å². The van der Waals surface area contributed by atoms with Crippen molar-refractivity contribution in [1.29, 1.82) is 0 Å². The van der Waals surface area contributed by atoms with Crippen LogP contribution in [0.15, 0.2) is 23.1 Å². The van der Waals surface area contributed by atoms with Crippen LogP contribution in [0.1, 0.15) is 12.8 Å². The number of thioether (sulfide) groups is 1. The number of nitrogens with two attached hydrogens (primary N) is 1. The lowest BCUT2D eigenvalue weighted by atomic mass is 10.3. The number of hydrogen-bond donors (Lipinski definition) is 1. The van der Waals surface area contributed by atoms with Crippen molar-refractivity contribution in [3.05, 3.63) is 18.2 Å². The molecule has 1 amide bonds. The predicted octanol–water partition coefficient (Wildman–Crippen LogP) is 1.92. The highest BCUT2D eigenvalue weighted by molar-refractivity contribution is 7.99. The van der Waals surface area contributed by atoms with E-state index in [1.807, 2.05) is 23.1 Å². The molecule has 122 valence electrons. The van der Waals surface area contributed by atoms with Crippen molar-refractivity contribution in [1.82, 2.24) is 4.90 Å². The van der Waals surface area contributed by atoms with Crippen LogP contribution in [0, 0.1) is 0 Å². The SMILES string of the molecule is Cl.N[C@@H]1CCN(C(=O)CCSc2ccc3c(c2)OCCO3)C1. The molecule has 2 heterocycles. The highest BCUT2D eigenvalue weighted by Gasteiger charge is 2.23. The third-order valence-corrected chi connectivity index (χ3v) is 4.67. The number of benzene rings is 1. The molecule has 2 aliphatic heterocycles. The van der Waals surface area contributed by atoms with E-state index in [-0.39, 0.29) is 24.4 Å². The van der Waals surface area contributed by atoms with Gasteiger partial charge in [-0.1, -0.05) is 0 Å². The summed E-state index contributed by atoms with van der Waals surface area (Å²) in [5.41, 5.74) is 5.82. The summed E-state index contributed by atoms with van der Waals surface area (Å²) in [5.74, 6) is 2.56. The molecule has 1 saturated heterocycles. The first-order valence-electron chi connectivity index (χ1n) is 7.28. The second kappa shape index (κ2) is 7.94. The minimum atomic E-state index is 0. The van der Waals surface area contributed by atoms with Crippen molar-refractivity contribution >= 4 is 30.1 Å². The zero-order valence-corrected chi connectivity index (χ0v) is 14.0. The lowest BCUT2D eigenvalue weighted by Crippen LogP contribution is -2.32. The van der Waals surface area contributed by atoms with Gasteiger partial charge in [-0.2, -0.15) is 0 Å². The minimum Gasteiger partial charge on any atom is -0.486 e. The van der Waals surface area contributed by atoms with Gasteiger partial charge < -0.3 is 20.1 Å². The Kier molecular flexibility index (Phi) is 6.23. The monoisotopic (exact) mass is 344 g/mol. The normalized spacial score (nSPS) is 19.7. The third kappa shape index (κ3) is 4.21. The molecule has 0 radical (unpaired) electrons. The summed E-state index contributed by atoms with van der Waals surface area (Å²) in [6, 6.07) is 6.07. The molecule has 7 heteroatoms. The molecule has 1 fully saturated rings. The van der Waals surface area contributed by atoms with E-state index in [4.69, 9.17) is 15.2 Å². The fourth-order valence-electron chi connectivity index (χ4n) is 2.54. The molecule has 5 nitrogen and oxygen atoms in total. The molecule has 3 rings (SSSR count). The number of nitrogens with zero attached hydrogens (tertiary/aromatic N) is 1. The van der Waals surface area contributed by atoms with E-state index in [0.29, 0.717) is 26.2 Å². The van der Waals surface area contributed by atoms with E-state index in [0.717, 1.165) is 35.1 Å². The summed E-state index contributed by atoms with van der Waals surface area (Å²) in [5, 5.41) is 0. The number of halogens is 1. The number of carbonyl (C=O) groups is 1. The van der Waals surface area contributed by atoms with Crippen LogP contribution >= 0.6 is 24.2 Å². The van der Waals surface area contributed by atoms with E-state index in [9.17, 15) is 4.79 Å². The Morgan fingerprint density at radius 3 is 2.82 bits per heavy atom. The first kappa shape index (κ1) is 17.2. The van der Waals surface area contributed by atoms with E-state index in [1.165, 1.54) is 0 Å². The molecule has 0 spiro atoms. The average molecular weight is 345 g/mol. The Hall–Kier alpha value is -1.11. The van der Waals surface area contributed by atoms with Crippen LogP contribution in [-0.4, -0.2) is 48.9 Å². The first-order chi connectivity index (χ1) is 10.2. The predicted molar refractivity (Wildman–Crippen MR) is 89.2 cm³/mol. The largest absolute Gasteiger partial charge is 0.486 e. The molecule has 0 aromatic heterocycles. The maximum absolute atomic E-state index is 12.0. The maximum atomic E-state index is 12.0. The van der Waals surface area contributed by atoms with Crippen LogP contribution < -0.4 is 15.2 Å². The summed E-state index contributed by atoms with van der Waals surface area (Å²) >= 11 is 1.67. The second-order valence-corrected chi connectivity index (χ2v) is 6.46. The van der Waals surface area contributed by atoms with Gasteiger partial charge in [0, 0.05) is 36.2 Å². The van der Waals surface area contributed by atoms with Crippen molar-refractivity contribution in [3.8, 4) is 11.5 Å². The van der Waals surface area contributed by atoms with Gasteiger partial charge in [-0.05, 0) is 24.6 Å². The molecule has 0 aliphatic carbocycles. The number of hydrogen-bond acceptors (Lipinski definition) is 5. The topological polar surface area (TPSA) is 64.8 Å². The molecule has 0 saturated carbocycles. The van der Waals surface area contributed by atoms with Gasteiger partial charge in [0.1, 0.15) is 13.2 Å². The molecule has 0 bridgehead atoms. The fraction of sp³-hybridized carbons (Fsp3) is 0.533. The van der Waals surface area contributed by atoms with Gasteiger partial charge in [0.2, 0.25) is 5.91 Å². The van der Waals surface area contributed by atoms with Gasteiger partial charge in [0.15, 0.2) is 11.5 Å². The van der Waals surface area contributed by atoms with Gasteiger partial charge in [-0.3, -0.25) is 4.79 Å². The lowest BCUT2D eigenvalue weighted by molar-refractivity contribution is -0.129. The third-order valence-electron chi connectivity index (χ3n) is 3.68. The van der Waals surface area contributed by atoms with Crippen LogP contribution in [0.5, 0.6) is 11.5 Å². The van der Waals surface area contributed by atoms with Crippen LogP contribution in [0.25, 0.3) is 0 Å². The summed E-state index contributed by atoms with van der Waals surface area (Å²) < 4.78 is 11.0. The van der Waals surface area contributed by atoms with Gasteiger partial charge in [0.05, 0.1) is 0 Å². The van der Waals surface area contributed by atoms with Crippen molar-refractivity contribution in [3.63, 3.8) is 0 Å². The van der Waals surface area contributed by atoms with Crippen molar-refractivity contribution in [2.75, 3.05) is 32.1 Å². The Balaban J connectivity index is 0.00000176. The Morgan fingerprint density at radius 1 is 1.32 bits per heavy atom. The zero-order valence-electron chi connectivity index (χ0n) is 12.3. The number of rotatable bonds is 4. The lowest BCUT2D eigenvalue weighted by Gasteiger charge is -2.19. The van der Waals surface area contributed by atoms with Crippen molar-refractivity contribution in [2.45, 2.75) is 23.8 Å². The zero-order chi connectivity index (χ0) is 14.7. The fourth-order valence-corrected chi connectivity index (χ4v) is 3.41. The highest BCUT2D eigenvalue weighted by Crippen LogP contribution is 2.34. The van der Waals surface area contributed by atoms with Gasteiger partial charge >= 0.3 is 0 Å². The van der Waals surface area contributed by atoms with Gasteiger partial charge in [-0.25, -0.2) is 0 Å². The molecule has 1 atom stereocenters. The molecule has 0 unspecified atom stereocenters. The number of likely N-dealkylation sites (tertiary alicyclic amines) is 1. The number of amides is 1. The molecule has 1 aromatic rings. The maximum Gasteiger partial charge on any atom is 0.223 e. The van der Waals surface area contributed by atoms with Crippen molar-refractivity contribution in [2.24, 2.45) is 5.73 Å². The van der Waals surface area contributed by atoms with Gasteiger partial charge in [0.25, 0.3) is 0 Å². The first-order valence-corrected chi connectivity index (χ1v) is 8.27. The van der Waals surface area contributed by atoms with E-state index in [2.05, 4.69) is 0 Å². The Labute approximate surface area is 140 Å².